The largest absolute Gasteiger partial charge is 0.351 e. The Morgan fingerprint density at radius 3 is 2.05 bits per heavy atom. The van der Waals surface area contributed by atoms with Gasteiger partial charge in [0.15, 0.2) is 11.6 Å². The summed E-state index contributed by atoms with van der Waals surface area (Å²) in [6.07, 6.45) is 0. The summed E-state index contributed by atoms with van der Waals surface area (Å²) in [5, 5.41) is 19.7. The van der Waals surface area contributed by atoms with Gasteiger partial charge in [-0.25, -0.2) is 13.2 Å². The molecule has 0 amide bonds. The van der Waals surface area contributed by atoms with Crippen molar-refractivity contribution in [3.05, 3.63) is 58.9 Å². The lowest BCUT2D eigenvalue weighted by Crippen LogP contribution is -1.99. The van der Waals surface area contributed by atoms with Crippen molar-refractivity contribution in [2.45, 2.75) is 0 Å². The third-order valence-corrected chi connectivity index (χ3v) is 2.53. The Morgan fingerprint density at radius 1 is 0.850 bits per heavy atom. The quantitative estimate of drug-likeness (QED) is 0.909. The molecule has 98 valence electrons. The number of nitrogens with one attached hydrogen (secondary N) is 1. The highest BCUT2D eigenvalue weighted by Crippen LogP contribution is 2.25. The summed E-state index contributed by atoms with van der Waals surface area (Å²) >= 11 is 0. The van der Waals surface area contributed by atoms with E-state index in [1.54, 1.807) is 12.1 Å². The average molecular weight is 273 g/mol. The molecule has 0 aliphatic carbocycles. The molecule has 2 rings (SSSR count). The zero-order valence-electron chi connectivity index (χ0n) is 9.92. The van der Waals surface area contributed by atoms with Crippen molar-refractivity contribution in [3.8, 4) is 12.1 Å². The molecule has 0 saturated heterocycles. The normalized spacial score (nSPS) is 9.65. The van der Waals surface area contributed by atoms with Gasteiger partial charge >= 0.3 is 0 Å². The molecular formula is C14H6F3N3. The molecule has 0 aliphatic heterocycles. The van der Waals surface area contributed by atoms with Crippen LogP contribution in [0.3, 0.4) is 0 Å². The first-order valence-electron chi connectivity index (χ1n) is 5.41. The SMILES string of the molecule is N#Cc1cc(F)c(Nc2ccc(F)c(C#N)c2)c(F)c1. The van der Waals surface area contributed by atoms with E-state index < -0.39 is 23.1 Å². The Bertz CT molecular complexity index is 734. The molecule has 0 spiro atoms. The van der Waals surface area contributed by atoms with Gasteiger partial charge in [0, 0.05) is 5.69 Å². The number of halogens is 3. The van der Waals surface area contributed by atoms with Crippen molar-refractivity contribution < 1.29 is 13.2 Å². The maximum atomic E-state index is 13.7. The van der Waals surface area contributed by atoms with E-state index in [-0.39, 0.29) is 16.8 Å². The maximum Gasteiger partial charge on any atom is 0.150 e. The van der Waals surface area contributed by atoms with Crippen LogP contribution in [0.4, 0.5) is 24.5 Å². The van der Waals surface area contributed by atoms with Gasteiger partial charge in [0.1, 0.15) is 17.6 Å². The minimum atomic E-state index is -0.954. The van der Waals surface area contributed by atoms with Gasteiger partial charge in [-0.3, -0.25) is 0 Å². The Balaban J connectivity index is 2.41. The number of benzene rings is 2. The van der Waals surface area contributed by atoms with Gasteiger partial charge < -0.3 is 5.32 Å². The molecule has 6 heteroatoms. The molecule has 2 aromatic carbocycles. The summed E-state index contributed by atoms with van der Waals surface area (Å²) < 4.78 is 40.4. The van der Waals surface area contributed by atoms with E-state index >= 15 is 0 Å². The molecule has 0 aromatic heterocycles. The molecule has 0 fully saturated rings. The summed E-state index contributed by atoms with van der Waals surface area (Å²) in [7, 11) is 0. The predicted molar refractivity (Wildman–Crippen MR) is 65.5 cm³/mol. The van der Waals surface area contributed by atoms with Crippen molar-refractivity contribution in [1.82, 2.24) is 0 Å². The first-order valence-corrected chi connectivity index (χ1v) is 5.41. The summed E-state index contributed by atoms with van der Waals surface area (Å²) in [6.45, 7) is 0. The van der Waals surface area contributed by atoms with Crippen molar-refractivity contribution >= 4 is 11.4 Å². The predicted octanol–water partition coefficient (Wildman–Crippen LogP) is 3.59. The highest BCUT2D eigenvalue weighted by atomic mass is 19.1. The lowest BCUT2D eigenvalue weighted by molar-refractivity contribution is 0.590. The first kappa shape index (κ1) is 13.4. The lowest BCUT2D eigenvalue weighted by Gasteiger charge is -2.09. The Morgan fingerprint density at radius 2 is 1.50 bits per heavy atom. The number of rotatable bonds is 2. The maximum absolute atomic E-state index is 13.7. The van der Waals surface area contributed by atoms with E-state index in [2.05, 4.69) is 5.32 Å². The van der Waals surface area contributed by atoms with Gasteiger partial charge in [-0.05, 0) is 30.3 Å². The first-order chi connectivity index (χ1) is 9.55. The van der Waals surface area contributed by atoms with Gasteiger partial charge in [-0.2, -0.15) is 10.5 Å². The smallest absolute Gasteiger partial charge is 0.150 e. The van der Waals surface area contributed by atoms with Crippen LogP contribution in [0.15, 0.2) is 30.3 Å². The number of nitrogens with zero attached hydrogens (tertiary/aromatic N) is 2. The summed E-state index contributed by atoms with van der Waals surface area (Å²) in [5.41, 5.74) is -0.711. The van der Waals surface area contributed by atoms with Crippen LogP contribution in [0.1, 0.15) is 11.1 Å². The number of hydrogen-bond donors (Lipinski definition) is 1. The van der Waals surface area contributed by atoms with Crippen LogP contribution < -0.4 is 5.32 Å². The van der Waals surface area contributed by atoms with Crippen LogP contribution in [-0.4, -0.2) is 0 Å². The third kappa shape index (κ3) is 2.55. The zero-order chi connectivity index (χ0) is 14.7. The third-order valence-electron chi connectivity index (χ3n) is 2.53. The van der Waals surface area contributed by atoms with Crippen LogP contribution in [0, 0.1) is 40.1 Å². The van der Waals surface area contributed by atoms with E-state index in [0.717, 1.165) is 24.3 Å². The van der Waals surface area contributed by atoms with E-state index in [1.807, 2.05) is 0 Å². The molecule has 20 heavy (non-hydrogen) atoms. The van der Waals surface area contributed by atoms with E-state index in [9.17, 15) is 13.2 Å². The minimum absolute atomic E-state index is 0.151. The molecule has 0 unspecified atom stereocenters. The van der Waals surface area contributed by atoms with Crippen LogP contribution in [0.25, 0.3) is 0 Å². The summed E-state index contributed by atoms with van der Waals surface area (Å²) in [6, 6.07) is 8.39. The standard InChI is InChI=1S/C14H6F3N3/c15-11-2-1-10(5-9(11)7-19)20-14-12(16)3-8(6-18)4-13(14)17/h1-5,20H. The second kappa shape index (κ2) is 5.33. The van der Waals surface area contributed by atoms with E-state index in [4.69, 9.17) is 10.5 Å². The molecule has 1 N–H and O–H groups in total. The summed E-state index contributed by atoms with van der Waals surface area (Å²) in [4.78, 5) is 0. The van der Waals surface area contributed by atoms with Crippen molar-refractivity contribution in [2.24, 2.45) is 0 Å². The van der Waals surface area contributed by atoms with Crippen LogP contribution in [0.5, 0.6) is 0 Å². The zero-order valence-corrected chi connectivity index (χ0v) is 9.92. The molecule has 3 nitrogen and oxygen atoms in total. The second-order valence-corrected chi connectivity index (χ2v) is 3.86. The van der Waals surface area contributed by atoms with Crippen LogP contribution >= 0.6 is 0 Å². The molecule has 0 bridgehead atoms. The fourth-order valence-corrected chi connectivity index (χ4v) is 1.59. The number of nitriles is 2. The van der Waals surface area contributed by atoms with Gasteiger partial charge in [0.05, 0.1) is 17.2 Å². The van der Waals surface area contributed by atoms with Gasteiger partial charge in [0.2, 0.25) is 0 Å². The molecule has 2 aromatic rings. The van der Waals surface area contributed by atoms with Gasteiger partial charge in [-0.1, -0.05) is 0 Å². The Hall–Kier alpha value is -2.99. The molecule has 0 aliphatic rings. The fourth-order valence-electron chi connectivity index (χ4n) is 1.59. The van der Waals surface area contributed by atoms with E-state index in [0.29, 0.717) is 0 Å². The van der Waals surface area contributed by atoms with Crippen LogP contribution in [0.2, 0.25) is 0 Å². The van der Waals surface area contributed by atoms with Crippen molar-refractivity contribution in [1.29, 1.82) is 10.5 Å². The van der Waals surface area contributed by atoms with Crippen molar-refractivity contribution in [3.63, 3.8) is 0 Å². The Labute approximate surface area is 112 Å². The van der Waals surface area contributed by atoms with Crippen molar-refractivity contribution in [2.75, 3.05) is 5.32 Å². The number of hydrogen-bond acceptors (Lipinski definition) is 3. The average Bonchev–Trinajstić information content (AvgIpc) is 2.44. The van der Waals surface area contributed by atoms with E-state index in [1.165, 1.54) is 6.07 Å². The number of anilines is 2. The topological polar surface area (TPSA) is 59.6 Å². The monoisotopic (exact) mass is 273 g/mol. The highest BCUT2D eigenvalue weighted by Gasteiger charge is 2.12. The molecule has 0 saturated carbocycles. The highest BCUT2D eigenvalue weighted by molar-refractivity contribution is 5.63. The summed E-state index contributed by atoms with van der Waals surface area (Å²) in [5.74, 6) is -2.63. The fraction of sp³-hybridized carbons (Fsp3) is 0. The molecule has 0 atom stereocenters. The lowest BCUT2D eigenvalue weighted by atomic mass is 10.1. The van der Waals surface area contributed by atoms with Gasteiger partial charge in [-0.15, -0.1) is 0 Å². The second-order valence-electron chi connectivity index (χ2n) is 3.86. The van der Waals surface area contributed by atoms with Gasteiger partial charge in [0.25, 0.3) is 0 Å². The Kier molecular flexibility index (Phi) is 3.58. The molecule has 0 heterocycles. The molecular weight excluding hydrogens is 267 g/mol. The van der Waals surface area contributed by atoms with Crippen LogP contribution in [-0.2, 0) is 0 Å². The minimum Gasteiger partial charge on any atom is -0.351 e. The molecule has 0 radical (unpaired) electrons.